The van der Waals surface area contributed by atoms with Crippen LogP contribution in [0.2, 0.25) is 0 Å². The summed E-state index contributed by atoms with van der Waals surface area (Å²) in [5.41, 5.74) is 0.0873. The molecule has 19 heavy (non-hydrogen) atoms. The zero-order valence-electron chi connectivity index (χ0n) is 11.4. The fourth-order valence-electron chi connectivity index (χ4n) is 1.32. The Labute approximate surface area is 113 Å². The molecule has 0 radical (unpaired) electrons. The molecular weight excluding hydrogens is 246 g/mol. The summed E-state index contributed by atoms with van der Waals surface area (Å²) >= 11 is 0. The summed E-state index contributed by atoms with van der Waals surface area (Å²) in [6, 6.07) is 9.46. The zero-order chi connectivity index (χ0) is 14.1. The SMILES string of the molecule is CC(C)(O)COCCNC(=O)OCc1ccccc1. The summed E-state index contributed by atoms with van der Waals surface area (Å²) in [6.07, 6.45) is -0.476. The highest BCUT2D eigenvalue weighted by Gasteiger charge is 2.11. The highest BCUT2D eigenvalue weighted by Crippen LogP contribution is 2.01. The molecule has 1 amide bonds. The quantitative estimate of drug-likeness (QED) is 0.738. The predicted octanol–water partition coefficient (Wildman–Crippen LogP) is 1.70. The number of ether oxygens (including phenoxy) is 2. The molecule has 0 fully saturated rings. The lowest BCUT2D eigenvalue weighted by Crippen LogP contribution is -2.31. The number of hydrogen-bond donors (Lipinski definition) is 2. The largest absolute Gasteiger partial charge is 0.445 e. The van der Waals surface area contributed by atoms with Gasteiger partial charge in [0, 0.05) is 6.54 Å². The normalized spacial score (nSPS) is 11.1. The first-order valence-corrected chi connectivity index (χ1v) is 6.22. The summed E-state index contributed by atoms with van der Waals surface area (Å²) in [7, 11) is 0. The van der Waals surface area contributed by atoms with E-state index in [9.17, 15) is 9.90 Å². The van der Waals surface area contributed by atoms with E-state index in [0.717, 1.165) is 5.56 Å². The summed E-state index contributed by atoms with van der Waals surface area (Å²) in [6.45, 7) is 4.49. The number of hydrogen-bond acceptors (Lipinski definition) is 4. The maximum Gasteiger partial charge on any atom is 0.407 e. The Bertz CT molecular complexity index is 373. The van der Waals surface area contributed by atoms with Gasteiger partial charge in [-0.3, -0.25) is 0 Å². The Hall–Kier alpha value is -1.59. The van der Waals surface area contributed by atoms with Gasteiger partial charge in [0.15, 0.2) is 0 Å². The average Bonchev–Trinajstić information content (AvgIpc) is 2.36. The molecule has 0 atom stereocenters. The molecular formula is C14H21NO4. The third-order valence-electron chi connectivity index (χ3n) is 2.18. The van der Waals surface area contributed by atoms with Gasteiger partial charge in [-0.05, 0) is 19.4 Å². The molecule has 0 spiro atoms. The van der Waals surface area contributed by atoms with E-state index >= 15 is 0 Å². The van der Waals surface area contributed by atoms with Crippen molar-refractivity contribution in [2.24, 2.45) is 0 Å². The lowest BCUT2D eigenvalue weighted by atomic mass is 10.2. The van der Waals surface area contributed by atoms with Crippen molar-refractivity contribution in [3.8, 4) is 0 Å². The van der Waals surface area contributed by atoms with E-state index in [1.54, 1.807) is 13.8 Å². The summed E-state index contributed by atoms with van der Waals surface area (Å²) < 4.78 is 10.2. The van der Waals surface area contributed by atoms with E-state index in [0.29, 0.717) is 13.2 Å². The van der Waals surface area contributed by atoms with Crippen molar-refractivity contribution in [1.29, 1.82) is 0 Å². The van der Waals surface area contributed by atoms with E-state index < -0.39 is 11.7 Å². The van der Waals surface area contributed by atoms with Gasteiger partial charge in [-0.1, -0.05) is 30.3 Å². The minimum Gasteiger partial charge on any atom is -0.445 e. The van der Waals surface area contributed by atoms with Gasteiger partial charge in [0.25, 0.3) is 0 Å². The topological polar surface area (TPSA) is 67.8 Å². The second-order valence-corrected chi connectivity index (χ2v) is 4.85. The number of alkyl carbamates (subject to hydrolysis) is 1. The van der Waals surface area contributed by atoms with Crippen LogP contribution in [0.4, 0.5) is 4.79 Å². The van der Waals surface area contributed by atoms with Crippen LogP contribution in [0.3, 0.4) is 0 Å². The number of carbonyl (C=O) groups excluding carboxylic acids is 1. The highest BCUT2D eigenvalue weighted by atomic mass is 16.5. The van der Waals surface area contributed by atoms with Crippen LogP contribution < -0.4 is 5.32 Å². The molecule has 0 aliphatic rings. The van der Waals surface area contributed by atoms with Gasteiger partial charge in [0.2, 0.25) is 0 Å². The van der Waals surface area contributed by atoms with Crippen LogP contribution in [0.25, 0.3) is 0 Å². The van der Waals surface area contributed by atoms with E-state index in [2.05, 4.69) is 5.32 Å². The van der Waals surface area contributed by atoms with Crippen LogP contribution in [0.5, 0.6) is 0 Å². The van der Waals surface area contributed by atoms with Gasteiger partial charge in [0.05, 0.1) is 18.8 Å². The molecule has 106 valence electrons. The number of aliphatic hydroxyl groups is 1. The second kappa shape index (κ2) is 7.76. The van der Waals surface area contributed by atoms with Gasteiger partial charge < -0.3 is 19.9 Å². The summed E-state index contributed by atoms with van der Waals surface area (Å²) in [5, 5.41) is 12.0. The molecule has 0 heterocycles. The Morgan fingerprint density at radius 3 is 2.63 bits per heavy atom. The molecule has 0 bridgehead atoms. The van der Waals surface area contributed by atoms with Gasteiger partial charge in [-0.15, -0.1) is 0 Å². The standard InChI is InChI=1S/C14H21NO4/c1-14(2,17)11-18-9-8-15-13(16)19-10-12-6-4-3-5-7-12/h3-7,17H,8-11H2,1-2H3,(H,15,16). The van der Waals surface area contributed by atoms with E-state index in [1.165, 1.54) is 0 Å². The molecule has 0 saturated carbocycles. The van der Waals surface area contributed by atoms with Crippen molar-refractivity contribution in [2.45, 2.75) is 26.1 Å². The zero-order valence-corrected chi connectivity index (χ0v) is 11.4. The van der Waals surface area contributed by atoms with Crippen molar-refractivity contribution >= 4 is 6.09 Å². The smallest absolute Gasteiger partial charge is 0.407 e. The Morgan fingerprint density at radius 1 is 1.32 bits per heavy atom. The lowest BCUT2D eigenvalue weighted by molar-refractivity contribution is -0.0196. The molecule has 5 heteroatoms. The van der Waals surface area contributed by atoms with Crippen LogP contribution in [-0.2, 0) is 16.1 Å². The lowest BCUT2D eigenvalue weighted by Gasteiger charge is -2.16. The molecule has 0 unspecified atom stereocenters. The van der Waals surface area contributed by atoms with E-state index in [4.69, 9.17) is 9.47 Å². The molecule has 0 aliphatic heterocycles. The fourth-order valence-corrected chi connectivity index (χ4v) is 1.32. The van der Waals surface area contributed by atoms with Crippen LogP contribution in [0.15, 0.2) is 30.3 Å². The maximum absolute atomic E-state index is 11.3. The van der Waals surface area contributed by atoms with Gasteiger partial charge in [-0.2, -0.15) is 0 Å². The molecule has 1 rings (SSSR count). The molecule has 1 aromatic rings. The molecule has 0 aliphatic carbocycles. The van der Waals surface area contributed by atoms with Crippen molar-refractivity contribution in [3.05, 3.63) is 35.9 Å². The number of rotatable bonds is 7. The fraction of sp³-hybridized carbons (Fsp3) is 0.500. The summed E-state index contributed by atoms with van der Waals surface area (Å²) in [5.74, 6) is 0. The second-order valence-electron chi connectivity index (χ2n) is 4.85. The van der Waals surface area contributed by atoms with Crippen molar-refractivity contribution in [2.75, 3.05) is 19.8 Å². The van der Waals surface area contributed by atoms with Gasteiger partial charge >= 0.3 is 6.09 Å². The maximum atomic E-state index is 11.3. The molecule has 5 nitrogen and oxygen atoms in total. The van der Waals surface area contributed by atoms with Crippen molar-refractivity contribution in [1.82, 2.24) is 5.32 Å². The van der Waals surface area contributed by atoms with Crippen LogP contribution in [0.1, 0.15) is 19.4 Å². The number of nitrogens with one attached hydrogen (secondary N) is 1. The predicted molar refractivity (Wildman–Crippen MR) is 71.7 cm³/mol. The monoisotopic (exact) mass is 267 g/mol. The van der Waals surface area contributed by atoms with Crippen molar-refractivity contribution < 1.29 is 19.4 Å². The Balaban J connectivity index is 2.06. The number of carbonyl (C=O) groups is 1. The first-order chi connectivity index (χ1) is 8.97. The third kappa shape index (κ3) is 8.18. The number of benzene rings is 1. The van der Waals surface area contributed by atoms with E-state index in [1.807, 2.05) is 30.3 Å². The van der Waals surface area contributed by atoms with Crippen LogP contribution >= 0.6 is 0 Å². The summed E-state index contributed by atoms with van der Waals surface area (Å²) in [4.78, 5) is 11.3. The minimum atomic E-state index is -0.853. The molecule has 0 saturated heterocycles. The molecule has 1 aromatic carbocycles. The Kier molecular flexibility index (Phi) is 6.32. The number of amides is 1. The first-order valence-electron chi connectivity index (χ1n) is 6.22. The third-order valence-corrected chi connectivity index (χ3v) is 2.18. The van der Waals surface area contributed by atoms with Crippen LogP contribution in [-0.4, -0.2) is 36.6 Å². The Morgan fingerprint density at radius 2 is 2.00 bits per heavy atom. The van der Waals surface area contributed by atoms with Crippen LogP contribution in [0, 0.1) is 0 Å². The first kappa shape index (κ1) is 15.5. The molecule has 2 N–H and O–H groups in total. The highest BCUT2D eigenvalue weighted by molar-refractivity contribution is 5.67. The average molecular weight is 267 g/mol. The van der Waals surface area contributed by atoms with Crippen molar-refractivity contribution in [3.63, 3.8) is 0 Å². The van der Waals surface area contributed by atoms with Gasteiger partial charge in [-0.25, -0.2) is 4.79 Å². The molecule has 0 aromatic heterocycles. The van der Waals surface area contributed by atoms with E-state index in [-0.39, 0.29) is 13.2 Å². The van der Waals surface area contributed by atoms with Gasteiger partial charge in [0.1, 0.15) is 6.61 Å². The minimum absolute atomic E-state index is 0.230.